The molecule has 1 aromatic carbocycles. The molecule has 0 bridgehead atoms. The minimum Gasteiger partial charge on any atom is -0.383 e. The van der Waals surface area contributed by atoms with Crippen molar-refractivity contribution in [1.29, 1.82) is 0 Å². The Morgan fingerprint density at radius 2 is 1.86 bits per heavy atom. The maximum atomic E-state index is 12.2. The van der Waals surface area contributed by atoms with E-state index in [9.17, 15) is 4.79 Å². The highest BCUT2D eigenvalue weighted by atomic mass is 79.9. The number of hydrogen-bond donors (Lipinski definition) is 2. The van der Waals surface area contributed by atoms with Crippen LogP contribution in [0, 0.1) is 0 Å². The molecule has 0 unspecified atom stereocenters. The van der Waals surface area contributed by atoms with Crippen molar-refractivity contribution in [3.05, 3.63) is 52.1 Å². The van der Waals surface area contributed by atoms with Gasteiger partial charge in [0.2, 0.25) is 0 Å². The molecule has 0 radical (unpaired) electrons. The molecule has 1 aromatic heterocycles. The highest BCUT2D eigenvalue weighted by molar-refractivity contribution is 9.10. The molecular weight excluding hydrogens is 330 g/mol. The molecule has 1 amide bonds. The highest BCUT2D eigenvalue weighted by Gasteiger charge is 2.14. The van der Waals surface area contributed by atoms with Crippen molar-refractivity contribution >= 4 is 33.3 Å². The molecule has 5 heteroatoms. The Bertz CT molecular complexity index is 660. The van der Waals surface area contributed by atoms with Crippen LogP contribution >= 0.6 is 15.9 Å². The molecule has 0 fully saturated rings. The molecule has 0 aliphatic heterocycles. The predicted molar refractivity (Wildman–Crippen MR) is 89.4 cm³/mol. The molecule has 110 valence electrons. The standard InChI is InChI=1S/C16H18BrN3O/c1-16(2,3)10-4-6-12(7-5-10)20-15(21)13-8-11(17)9-19-14(13)18/h4-9H,1-3H3,(H2,18,19)(H,20,21). The van der Waals surface area contributed by atoms with Gasteiger partial charge in [-0.3, -0.25) is 4.79 Å². The Morgan fingerprint density at radius 3 is 2.43 bits per heavy atom. The summed E-state index contributed by atoms with van der Waals surface area (Å²) in [5.41, 5.74) is 8.11. The quantitative estimate of drug-likeness (QED) is 0.863. The number of pyridine rings is 1. The number of aromatic nitrogens is 1. The lowest BCUT2D eigenvalue weighted by molar-refractivity contribution is 0.102. The molecule has 2 rings (SSSR count). The number of nitrogens with zero attached hydrogens (tertiary/aromatic N) is 1. The zero-order chi connectivity index (χ0) is 15.6. The van der Waals surface area contributed by atoms with Gasteiger partial charge in [-0.15, -0.1) is 0 Å². The van der Waals surface area contributed by atoms with E-state index in [1.807, 2.05) is 24.3 Å². The van der Waals surface area contributed by atoms with E-state index < -0.39 is 0 Å². The number of carbonyl (C=O) groups excluding carboxylic acids is 1. The zero-order valence-electron chi connectivity index (χ0n) is 12.3. The maximum absolute atomic E-state index is 12.2. The van der Waals surface area contributed by atoms with Crippen LogP contribution in [0.5, 0.6) is 0 Å². The monoisotopic (exact) mass is 347 g/mol. The van der Waals surface area contributed by atoms with Crippen molar-refractivity contribution in [2.45, 2.75) is 26.2 Å². The van der Waals surface area contributed by atoms with Crippen LogP contribution in [0.15, 0.2) is 41.0 Å². The van der Waals surface area contributed by atoms with Gasteiger partial charge in [-0.2, -0.15) is 0 Å². The zero-order valence-corrected chi connectivity index (χ0v) is 13.9. The van der Waals surface area contributed by atoms with Crippen LogP contribution in [0.25, 0.3) is 0 Å². The summed E-state index contributed by atoms with van der Waals surface area (Å²) in [5.74, 6) is -0.0631. The van der Waals surface area contributed by atoms with E-state index in [-0.39, 0.29) is 17.1 Å². The van der Waals surface area contributed by atoms with E-state index in [1.54, 1.807) is 12.3 Å². The van der Waals surface area contributed by atoms with E-state index in [0.717, 1.165) is 5.69 Å². The lowest BCUT2D eigenvalue weighted by Gasteiger charge is -2.19. The molecular formula is C16H18BrN3O. The summed E-state index contributed by atoms with van der Waals surface area (Å²) in [5, 5.41) is 2.83. The SMILES string of the molecule is CC(C)(C)c1ccc(NC(=O)c2cc(Br)cnc2N)cc1. The topological polar surface area (TPSA) is 68.0 Å². The van der Waals surface area contributed by atoms with Crippen LogP contribution in [-0.2, 0) is 5.41 Å². The Labute approximate surface area is 132 Å². The van der Waals surface area contributed by atoms with Gasteiger partial charge in [-0.05, 0) is 45.1 Å². The number of halogens is 1. The fourth-order valence-corrected chi connectivity index (χ4v) is 2.21. The van der Waals surface area contributed by atoms with Crippen LogP contribution in [-0.4, -0.2) is 10.9 Å². The van der Waals surface area contributed by atoms with Gasteiger partial charge in [0.15, 0.2) is 0 Å². The third-order valence-electron chi connectivity index (χ3n) is 3.14. The summed E-state index contributed by atoms with van der Waals surface area (Å²) >= 11 is 3.28. The first-order valence-corrected chi connectivity index (χ1v) is 7.39. The van der Waals surface area contributed by atoms with E-state index in [1.165, 1.54) is 5.56 Å². The van der Waals surface area contributed by atoms with Gasteiger partial charge in [0.25, 0.3) is 5.91 Å². The van der Waals surface area contributed by atoms with Gasteiger partial charge in [0, 0.05) is 16.4 Å². The van der Waals surface area contributed by atoms with Gasteiger partial charge < -0.3 is 11.1 Å². The summed E-state index contributed by atoms with van der Waals surface area (Å²) in [4.78, 5) is 16.2. The van der Waals surface area contributed by atoms with Gasteiger partial charge in [0.05, 0.1) is 5.56 Å². The minimum absolute atomic E-state index is 0.0845. The van der Waals surface area contributed by atoms with E-state index in [0.29, 0.717) is 10.0 Å². The summed E-state index contributed by atoms with van der Waals surface area (Å²) in [6, 6.07) is 9.46. The second-order valence-electron chi connectivity index (χ2n) is 5.87. The fraction of sp³-hybridized carbons (Fsp3) is 0.250. The van der Waals surface area contributed by atoms with Crippen LogP contribution in [0.3, 0.4) is 0 Å². The van der Waals surface area contributed by atoms with Crippen molar-refractivity contribution in [3.8, 4) is 0 Å². The second kappa shape index (κ2) is 5.85. The molecule has 3 N–H and O–H groups in total. The normalized spacial score (nSPS) is 11.2. The number of anilines is 2. The molecule has 0 spiro atoms. The van der Waals surface area contributed by atoms with E-state index >= 15 is 0 Å². The number of nitrogens with one attached hydrogen (secondary N) is 1. The first-order chi connectivity index (χ1) is 9.77. The predicted octanol–water partition coefficient (Wildman–Crippen LogP) is 3.98. The molecule has 21 heavy (non-hydrogen) atoms. The molecule has 0 aliphatic rings. The molecule has 0 aliphatic carbocycles. The van der Waals surface area contributed by atoms with Crippen molar-refractivity contribution in [2.75, 3.05) is 11.1 Å². The number of amides is 1. The Morgan fingerprint density at radius 1 is 1.24 bits per heavy atom. The van der Waals surface area contributed by atoms with Gasteiger partial charge in [0.1, 0.15) is 5.82 Å². The average Bonchev–Trinajstić information content (AvgIpc) is 2.41. The van der Waals surface area contributed by atoms with Crippen molar-refractivity contribution in [3.63, 3.8) is 0 Å². The lowest BCUT2D eigenvalue weighted by Crippen LogP contribution is -2.15. The van der Waals surface area contributed by atoms with Crippen molar-refractivity contribution in [2.24, 2.45) is 0 Å². The average molecular weight is 348 g/mol. The first kappa shape index (κ1) is 15.5. The van der Waals surface area contributed by atoms with Crippen LogP contribution in [0.1, 0.15) is 36.7 Å². The highest BCUT2D eigenvalue weighted by Crippen LogP contribution is 2.24. The lowest BCUT2D eigenvalue weighted by atomic mass is 9.87. The summed E-state index contributed by atoms with van der Waals surface area (Å²) in [6.45, 7) is 6.44. The fourth-order valence-electron chi connectivity index (χ4n) is 1.88. The van der Waals surface area contributed by atoms with Crippen LogP contribution in [0.2, 0.25) is 0 Å². The Kier molecular flexibility index (Phi) is 4.32. The van der Waals surface area contributed by atoms with Crippen molar-refractivity contribution < 1.29 is 4.79 Å². The Balaban J connectivity index is 2.18. The third-order valence-corrected chi connectivity index (χ3v) is 3.57. The molecule has 0 saturated heterocycles. The van der Waals surface area contributed by atoms with Crippen LogP contribution in [0.4, 0.5) is 11.5 Å². The maximum Gasteiger partial charge on any atom is 0.259 e. The van der Waals surface area contributed by atoms with Crippen LogP contribution < -0.4 is 11.1 Å². The molecule has 1 heterocycles. The summed E-state index contributed by atoms with van der Waals surface area (Å²) in [7, 11) is 0. The number of nitrogens with two attached hydrogens (primary N) is 1. The Hall–Kier alpha value is -1.88. The smallest absolute Gasteiger partial charge is 0.259 e. The molecule has 0 saturated carbocycles. The first-order valence-electron chi connectivity index (χ1n) is 6.60. The second-order valence-corrected chi connectivity index (χ2v) is 6.78. The van der Waals surface area contributed by atoms with Gasteiger partial charge >= 0.3 is 0 Å². The number of benzene rings is 1. The number of nitrogen functional groups attached to an aromatic ring is 1. The van der Waals surface area contributed by atoms with Crippen molar-refractivity contribution in [1.82, 2.24) is 4.98 Å². The third kappa shape index (κ3) is 3.82. The summed E-state index contributed by atoms with van der Waals surface area (Å²) in [6.07, 6.45) is 1.56. The summed E-state index contributed by atoms with van der Waals surface area (Å²) < 4.78 is 0.713. The molecule has 0 atom stereocenters. The van der Waals surface area contributed by atoms with Gasteiger partial charge in [-0.25, -0.2) is 4.98 Å². The molecule has 2 aromatic rings. The van der Waals surface area contributed by atoms with E-state index in [4.69, 9.17) is 5.73 Å². The minimum atomic E-state index is -0.273. The number of carbonyl (C=O) groups is 1. The number of rotatable bonds is 2. The van der Waals surface area contributed by atoms with E-state index in [2.05, 4.69) is 47.0 Å². The largest absolute Gasteiger partial charge is 0.383 e. The number of hydrogen-bond acceptors (Lipinski definition) is 3. The van der Waals surface area contributed by atoms with Gasteiger partial charge in [-0.1, -0.05) is 32.9 Å². The molecule has 4 nitrogen and oxygen atoms in total.